The monoisotopic (exact) mass is 426 g/mol. The van der Waals surface area contributed by atoms with E-state index in [1.807, 2.05) is 19.9 Å². The highest BCUT2D eigenvalue weighted by Gasteiger charge is 2.27. The van der Waals surface area contributed by atoms with Crippen molar-refractivity contribution in [1.82, 2.24) is 20.1 Å². The van der Waals surface area contributed by atoms with Gasteiger partial charge in [0.25, 0.3) is 5.91 Å². The molecule has 0 spiro atoms. The number of ether oxygens (including phenoxy) is 1. The summed E-state index contributed by atoms with van der Waals surface area (Å²) >= 11 is 0. The van der Waals surface area contributed by atoms with Crippen LogP contribution in [-0.2, 0) is 13.5 Å². The average Bonchev–Trinajstić information content (AvgIpc) is 3.32. The van der Waals surface area contributed by atoms with Crippen LogP contribution in [0.15, 0.2) is 48.5 Å². The first-order valence-corrected chi connectivity index (χ1v) is 10.8. The molecule has 1 aliphatic rings. The van der Waals surface area contributed by atoms with Crippen molar-refractivity contribution in [3.05, 3.63) is 76.7 Å². The quantitative estimate of drug-likeness (QED) is 0.528. The van der Waals surface area contributed by atoms with Crippen molar-refractivity contribution in [2.75, 3.05) is 6.54 Å². The Kier molecular flexibility index (Phi) is 4.93. The van der Waals surface area contributed by atoms with Crippen LogP contribution in [0.2, 0.25) is 0 Å². The molecule has 3 heterocycles. The molecule has 6 nitrogen and oxygen atoms in total. The molecular formula is C26H26N4O2. The Morgan fingerprint density at radius 1 is 1.09 bits per heavy atom. The van der Waals surface area contributed by atoms with Crippen molar-refractivity contribution in [1.29, 1.82) is 0 Å². The van der Waals surface area contributed by atoms with Gasteiger partial charge in [0.1, 0.15) is 17.5 Å². The molecule has 1 aliphatic heterocycles. The van der Waals surface area contributed by atoms with Gasteiger partial charge in [0, 0.05) is 30.1 Å². The highest BCUT2D eigenvalue weighted by Crippen LogP contribution is 2.40. The largest absolute Gasteiger partial charge is 0.487 e. The summed E-state index contributed by atoms with van der Waals surface area (Å²) < 4.78 is 7.95. The number of amides is 1. The second-order valence-electron chi connectivity index (χ2n) is 8.61. The maximum absolute atomic E-state index is 12.6. The van der Waals surface area contributed by atoms with E-state index in [0.717, 1.165) is 45.6 Å². The molecule has 1 amide bonds. The van der Waals surface area contributed by atoms with Gasteiger partial charge in [-0.15, -0.1) is 0 Å². The van der Waals surface area contributed by atoms with Gasteiger partial charge in [-0.3, -0.25) is 14.5 Å². The van der Waals surface area contributed by atoms with Crippen LogP contribution in [0.5, 0.6) is 5.75 Å². The maximum atomic E-state index is 12.6. The highest BCUT2D eigenvalue weighted by atomic mass is 16.5. The van der Waals surface area contributed by atoms with Crippen LogP contribution in [-0.4, -0.2) is 33.3 Å². The van der Waals surface area contributed by atoms with E-state index in [1.165, 1.54) is 11.1 Å². The summed E-state index contributed by atoms with van der Waals surface area (Å²) in [6.45, 7) is 6.43. The predicted molar refractivity (Wildman–Crippen MR) is 125 cm³/mol. The number of nitrogens with zero attached hydrogens (tertiary/aromatic N) is 3. The molecule has 0 saturated carbocycles. The standard InChI is InChI=1S/C26H26N4O2/c1-15-9-20-13-21(14-27-26(31)24-11-17(3)29-30(24)4)32-25(20)22(10-15)18-7-8-23-19(12-18)6-5-16(2)28-23/h5-12,21H,13-14H2,1-4H3,(H,27,31). The first kappa shape index (κ1) is 20.2. The summed E-state index contributed by atoms with van der Waals surface area (Å²) in [6.07, 6.45) is 0.664. The zero-order valence-electron chi connectivity index (χ0n) is 18.8. The van der Waals surface area contributed by atoms with E-state index in [1.54, 1.807) is 17.8 Å². The van der Waals surface area contributed by atoms with Crippen molar-refractivity contribution in [3.63, 3.8) is 0 Å². The van der Waals surface area contributed by atoms with Gasteiger partial charge in [-0.1, -0.05) is 18.2 Å². The summed E-state index contributed by atoms with van der Waals surface area (Å²) in [5.74, 6) is 0.770. The lowest BCUT2D eigenvalue weighted by Gasteiger charge is -2.14. The van der Waals surface area contributed by atoms with E-state index in [2.05, 4.69) is 58.7 Å². The number of hydrogen-bond acceptors (Lipinski definition) is 4. The van der Waals surface area contributed by atoms with Gasteiger partial charge in [-0.05, 0) is 67.8 Å². The lowest BCUT2D eigenvalue weighted by Crippen LogP contribution is -2.35. The number of carbonyl (C=O) groups excluding carboxylic acids is 1. The molecule has 162 valence electrons. The molecule has 2 aromatic heterocycles. The number of hydrogen-bond donors (Lipinski definition) is 1. The van der Waals surface area contributed by atoms with Gasteiger partial charge in [-0.25, -0.2) is 0 Å². The van der Waals surface area contributed by atoms with Gasteiger partial charge in [-0.2, -0.15) is 5.10 Å². The van der Waals surface area contributed by atoms with Crippen LogP contribution in [0.25, 0.3) is 22.0 Å². The van der Waals surface area contributed by atoms with Crippen molar-refractivity contribution in [2.45, 2.75) is 33.3 Å². The van der Waals surface area contributed by atoms with Crippen molar-refractivity contribution in [3.8, 4) is 16.9 Å². The van der Waals surface area contributed by atoms with Crippen LogP contribution in [0.1, 0.15) is 33.0 Å². The first-order chi connectivity index (χ1) is 15.4. The summed E-state index contributed by atoms with van der Waals surface area (Å²) in [4.78, 5) is 17.2. The zero-order valence-corrected chi connectivity index (χ0v) is 18.8. The van der Waals surface area contributed by atoms with E-state index in [4.69, 9.17) is 4.74 Å². The lowest BCUT2D eigenvalue weighted by atomic mass is 9.97. The molecule has 4 aromatic rings. The molecule has 5 rings (SSSR count). The Labute approximate surface area is 187 Å². The van der Waals surface area contributed by atoms with Crippen LogP contribution in [0, 0.1) is 20.8 Å². The molecule has 1 atom stereocenters. The molecule has 0 saturated heterocycles. The summed E-state index contributed by atoms with van der Waals surface area (Å²) in [5, 5.41) is 8.35. The number of fused-ring (bicyclic) bond motifs is 2. The summed E-state index contributed by atoms with van der Waals surface area (Å²) in [7, 11) is 1.78. The number of carbonyl (C=O) groups is 1. The zero-order chi connectivity index (χ0) is 22.4. The predicted octanol–water partition coefficient (Wildman–Crippen LogP) is 4.29. The van der Waals surface area contributed by atoms with E-state index in [9.17, 15) is 4.79 Å². The number of aromatic nitrogens is 3. The molecule has 0 aliphatic carbocycles. The fourth-order valence-electron chi connectivity index (χ4n) is 4.44. The van der Waals surface area contributed by atoms with E-state index in [-0.39, 0.29) is 12.0 Å². The first-order valence-electron chi connectivity index (χ1n) is 10.8. The Morgan fingerprint density at radius 2 is 1.94 bits per heavy atom. The lowest BCUT2D eigenvalue weighted by molar-refractivity contribution is 0.0924. The molecule has 0 bridgehead atoms. The van der Waals surface area contributed by atoms with Gasteiger partial charge in [0.05, 0.1) is 17.8 Å². The Hall–Kier alpha value is -3.67. The van der Waals surface area contributed by atoms with E-state index < -0.39 is 0 Å². The highest BCUT2D eigenvalue weighted by molar-refractivity contribution is 5.92. The van der Waals surface area contributed by atoms with Gasteiger partial charge in [0.15, 0.2) is 0 Å². The second kappa shape index (κ2) is 7.79. The second-order valence-corrected chi connectivity index (χ2v) is 8.61. The van der Waals surface area contributed by atoms with Crippen LogP contribution in [0.4, 0.5) is 0 Å². The maximum Gasteiger partial charge on any atom is 0.269 e. The van der Waals surface area contributed by atoms with E-state index in [0.29, 0.717) is 12.2 Å². The Morgan fingerprint density at radius 3 is 2.72 bits per heavy atom. The summed E-state index contributed by atoms with van der Waals surface area (Å²) in [6, 6.07) is 16.6. The van der Waals surface area contributed by atoms with Gasteiger partial charge < -0.3 is 10.1 Å². The van der Waals surface area contributed by atoms with Crippen molar-refractivity contribution < 1.29 is 9.53 Å². The minimum atomic E-state index is -0.138. The topological polar surface area (TPSA) is 69.0 Å². The van der Waals surface area contributed by atoms with Crippen LogP contribution >= 0.6 is 0 Å². The van der Waals surface area contributed by atoms with Crippen LogP contribution < -0.4 is 10.1 Å². The molecule has 2 aromatic carbocycles. The smallest absolute Gasteiger partial charge is 0.269 e. The number of benzene rings is 2. The third-order valence-corrected chi connectivity index (χ3v) is 5.91. The molecule has 0 radical (unpaired) electrons. The molecule has 32 heavy (non-hydrogen) atoms. The minimum Gasteiger partial charge on any atom is -0.487 e. The third kappa shape index (κ3) is 3.73. The SMILES string of the molecule is Cc1cc2c(c(-c3ccc4nc(C)ccc4c3)c1)OC(CNC(=O)c1cc(C)nn1C)C2. The van der Waals surface area contributed by atoms with Gasteiger partial charge >= 0.3 is 0 Å². The number of rotatable bonds is 4. The van der Waals surface area contributed by atoms with Crippen molar-refractivity contribution in [2.24, 2.45) is 7.05 Å². The fourth-order valence-corrected chi connectivity index (χ4v) is 4.44. The summed E-state index contributed by atoms with van der Waals surface area (Å²) in [5.41, 5.74) is 7.94. The minimum absolute atomic E-state index is 0.103. The number of nitrogens with one attached hydrogen (secondary N) is 1. The molecule has 1 N–H and O–H groups in total. The normalized spacial score (nSPS) is 14.9. The Balaban J connectivity index is 1.38. The van der Waals surface area contributed by atoms with Gasteiger partial charge in [0.2, 0.25) is 0 Å². The average molecular weight is 427 g/mol. The van der Waals surface area contributed by atoms with E-state index >= 15 is 0 Å². The molecule has 0 fully saturated rings. The van der Waals surface area contributed by atoms with Crippen LogP contribution in [0.3, 0.4) is 0 Å². The fraction of sp³-hybridized carbons (Fsp3) is 0.269. The molecule has 1 unspecified atom stereocenters. The molecule has 6 heteroatoms. The number of pyridine rings is 1. The Bertz CT molecular complexity index is 1360. The van der Waals surface area contributed by atoms with Crippen molar-refractivity contribution >= 4 is 16.8 Å². The molecular weight excluding hydrogens is 400 g/mol. The third-order valence-electron chi connectivity index (χ3n) is 5.91. The number of aryl methyl sites for hydroxylation is 4.